The predicted octanol–water partition coefficient (Wildman–Crippen LogP) is 0.940. The summed E-state index contributed by atoms with van der Waals surface area (Å²) in [5.74, 6) is 0. The number of nitrogens with zero attached hydrogens (tertiary/aromatic N) is 2. The Morgan fingerprint density at radius 3 is 2.85 bits per heavy atom. The number of benzene rings is 1. The molecule has 1 heterocycles. The van der Waals surface area contributed by atoms with Crippen LogP contribution in [-0.2, 0) is 14.8 Å². The first-order valence-corrected chi connectivity index (χ1v) is 7.76. The molecule has 1 aromatic rings. The van der Waals surface area contributed by atoms with Gasteiger partial charge in [0.1, 0.15) is 4.90 Å². The van der Waals surface area contributed by atoms with E-state index in [4.69, 9.17) is 15.7 Å². The molecule has 0 saturated carbocycles. The minimum absolute atomic E-state index is 0.0250. The molecular weight excluding hydrogens is 278 g/mol. The van der Waals surface area contributed by atoms with Crippen LogP contribution in [0.15, 0.2) is 23.1 Å². The molecule has 1 unspecified atom stereocenters. The maximum Gasteiger partial charge on any atom is 0.244 e. The smallest absolute Gasteiger partial charge is 0.244 e. The van der Waals surface area contributed by atoms with Gasteiger partial charge in [0.25, 0.3) is 0 Å². The van der Waals surface area contributed by atoms with Gasteiger partial charge in [-0.2, -0.15) is 9.57 Å². The number of anilines is 1. The van der Waals surface area contributed by atoms with E-state index in [2.05, 4.69) is 0 Å². The summed E-state index contributed by atoms with van der Waals surface area (Å²) in [5, 5.41) is 8.77. The molecule has 0 bridgehead atoms. The second-order valence-electron chi connectivity index (χ2n) is 4.78. The lowest BCUT2D eigenvalue weighted by molar-refractivity contribution is 0.0979. The second kappa shape index (κ2) is 5.79. The van der Waals surface area contributed by atoms with Crippen LogP contribution in [0, 0.1) is 11.3 Å². The van der Waals surface area contributed by atoms with E-state index in [1.54, 1.807) is 0 Å². The number of hydrogen-bond donors (Lipinski definition) is 1. The molecule has 0 radical (unpaired) electrons. The van der Waals surface area contributed by atoms with E-state index in [0.717, 1.165) is 12.8 Å². The number of likely N-dealkylation sites (N-methyl/N-ethyl adjacent to an activating group) is 1. The first-order valence-electron chi connectivity index (χ1n) is 6.32. The van der Waals surface area contributed by atoms with Crippen LogP contribution in [0.4, 0.5) is 5.69 Å². The minimum atomic E-state index is -3.66. The van der Waals surface area contributed by atoms with Crippen molar-refractivity contribution in [3.8, 4) is 6.07 Å². The Labute approximate surface area is 118 Å². The van der Waals surface area contributed by atoms with Crippen LogP contribution in [0.5, 0.6) is 0 Å². The molecule has 1 saturated heterocycles. The Morgan fingerprint density at radius 1 is 1.55 bits per heavy atom. The summed E-state index contributed by atoms with van der Waals surface area (Å²) in [6.45, 7) is 0.985. The molecule has 1 aliphatic rings. The highest BCUT2D eigenvalue weighted by Gasteiger charge is 2.27. The van der Waals surface area contributed by atoms with E-state index in [1.165, 1.54) is 29.6 Å². The first kappa shape index (κ1) is 14.8. The molecule has 2 N–H and O–H groups in total. The fourth-order valence-corrected chi connectivity index (χ4v) is 3.49. The van der Waals surface area contributed by atoms with E-state index >= 15 is 0 Å². The lowest BCUT2D eigenvalue weighted by Crippen LogP contribution is -2.34. The van der Waals surface area contributed by atoms with Gasteiger partial charge in [0.05, 0.1) is 23.4 Å². The molecule has 0 spiro atoms. The second-order valence-corrected chi connectivity index (χ2v) is 6.80. The van der Waals surface area contributed by atoms with Gasteiger partial charge in [0.15, 0.2) is 0 Å². The number of hydrogen-bond acceptors (Lipinski definition) is 5. The fraction of sp³-hybridized carbons (Fsp3) is 0.462. The number of ether oxygens (including phenoxy) is 1. The number of nitriles is 1. The van der Waals surface area contributed by atoms with E-state index in [0.29, 0.717) is 18.7 Å². The van der Waals surface area contributed by atoms with E-state index in [-0.39, 0.29) is 16.7 Å². The third kappa shape index (κ3) is 2.93. The normalized spacial score (nSPS) is 19.1. The quantitative estimate of drug-likeness (QED) is 0.834. The summed E-state index contributed by atoms with van der Waals surface area (Å²) >= 11 is 0. The summed E-state index contributed by atoms with van der Waals surface area (Å²) < 4.78 is 31.6. The zero-order valence-corrected chi connectivity index (χ0v) is 12.1. The van der Waals surface area contributed by atoms with E-state index in [1.807, 2.05) is 6.07 Å². The number of nitrogen functional groups attached to an aromatic ring is 1. The van der Waals surface area contributed by atoms with Gasteiger partial charge in [-0.25, -0.2) is 8.42 Å². The summed E-state index contributed by atoms with van der Waals surface area (Å²) in [6.07, 6.45) is 1.76. The van der Waals surface area contributed by atoms with Crippen molar-refractivity contribution in [2.75, 3.05) is 25.9 Å². The summed E-state index contributed by atoms with van der Waals surface area (Å²) in [6, 6.07) is 6.11. The van der Waals surface area contributed by atoms with E-state index < -0.39 is 10.0 Å². The van der Waals surface area contributed by atoms with Gasteiger partial charge in [0.2, 0.25) is 10.0 Å². The van der Waals surface area contributed by atoms with Gasteiger partial charge >= 0.3 is 0 Å². The van der Waals surface area contributed by atoms with Gasteiger partial charge < -0.3 is 10.5 Å². The Bertz CT molecular complexity index is 631. The van der Waals surface area contributed by atoms with E-state index in [9.17, 15) is 8.42 Å². The number of rotatable bonds is 4. The Kier molecular flexibility index (Phi) is 4.28. The number of sulfonamides is 1. The third-order valence-corrected chi connectivity index (χ3v) is 5.21. The highest BCUT2D eigenvalue weighted by molar-refractivity contribution is 7.89. The number of nitrogens with two attached hydrogens (primary N) is 1. The first-order chi connectivity index (χ1) is 9.45. The van der Waals surface area contributed by atoms with Crippen molar-refractivity contribution >= 4 is 15.7 Å². The maximum absolute atomic E-state index is 12.4. The molecule has 1 atom stereocenters. The largest absolute Gasteiger partial charge is 0.398 e. The maximum atomic E-state index is 12.4. The van der Waals surface area contributed by atoms with Crippen molar-refractivity contribution in [2.24, 2.45) is 0 Å². The van der Waals surface area contributed by atoms with Gasteiger partial charge in [0, 0.05) is 20.2 Å². The standard InChI is InChI=1S/C13H17N3O3S/c1-16(9-11-3-2-6-19-11)20(17,18)13-5-4-10(8-14)7-12(13)15/h4-5,7,11H,2-3,6,9,15H2,1H3. The van der Waals surface area contributed by atoms with Crippen LogP contribution in [0.25, 0.3) is 0 Å². The van der Waals surface area contributed by atoms with Gasteiger partial charge in [-0.15, -0.1) is 0 Å². The van der Waals surface area contributed by atoms with Crippen LogP contribution < -0.4 is 5.73 Å². The lowest BCUT2D eigenvalue weighted by Gasteiger charge is -2.21. The molecular formula is C13H17N3O3S. The van der Waals surface area contributed by atoms with Gasteiger partial charge in [-0.1, -0.05) is 0 Å². The van der Waals surface area contributed by atoms with Crippen LogP contribution >= 0.6 is 0 Å². The Balaban J connectivity index is 2.23. The SMILES string of the molecule is CN(CC1CCCO1)S(=O)(=O)c1ccc(C#N)cc1N. The Hall–Kier alpha value is -1.62. The molecule has 6 nitrogen and oxygen atoms in total. The molecule has 0 aliphatic carbocycles. The monoisotopic (exact) mass is 295 g/mol. The molecule has 1 aromatic carbocycles. The van der Waals surface area contributed by atoms with Gasteiger partial charge in [-0.05, 0) is 31.0 Å². The molecule has 0 amide bonds. The van der Waals surface area contributed by atoms with Crippen molar-refractivity contribution < 1.29 is 13.2 Å². The highest BCUT2D eigenvalue weighted by atomic mass is 32.2. The lowest BCUT2D eigenvalue weighted by atomic mass is 10.2. The average molecular weight is 295 g/mol. The van der Waals surface area contributed by atoms with Crippen molar-refractivity contribution in [1.29, 1.82) is 5.26 Å². The minimum Gasteiger partial charge on any atom is -0.398 e. The summed E-state index contributed by atoms with van der Waals surface area (Å²) in [5.41, 5.74) is 6.16. The topological polar surface area (TPSA) is 96.4 Å². The molecule has 20 heavy (non-hydrogen) atoms. The van der Waals surface area contributed by atoms with Crippen molar-refractivity contribution in [1.82, 2.24) is 4.31 Å². The summed E-state index contributed by atoms with van der Waals surface area (Å²) in [4.78, 5) is 0.0250. The van der Waals surface area contributed by atoms with Crippen LogP contribution in [0.2, 0.25) is 0 Å². The highest BCUT2D eigenvalue weighted by Crippen LogP contribution is 2.24. The molecule has 7 heteroatoms. The molecule has 0 aromatic heterocycles. The van der Waals surface area contributed by atoms with Gasteiger partial charge in [-0.3, -0.25) is 0 Å². The molecule has 2 rings (SSSR count). The third-order valence-electron chi connectivity index (χ3n) is 3.31. The molecule has 108 valence electrons. The van der Waals surface area contributed by atoms with Crippen LogP contribution in [-0.4, -0.2) is 39.0 Å². The Morgan fingerprint density at radius 2 is 2.30 bits per heavy atom. The summed E-state index contributed by atoms with van der Waals surface area (Å²) in [7, 11) is -2.15. The molecule has 1 aliphatic heterocycles. The van der Waals surface area contributed by atoms with Crippen molar-refractivity contribution in [3.05, 3.63) is 23.8 Å². The average Bonchev–Trinajstić information content (AvgIpc) is 2.91. The van der Waals surface area contributed by atoms with Crippen LogP contribution in [0.3, 0.4) is 0 Å². The van der Waals surface area contributed by atoms with Crippen molar-refractivity contribution in [3.63, 3.8) is 0 Å². The zero-order chi connectivity index (χ0) is 14.8. The van der Waals surface area contributed by atoms with Crippen LogP contribution in [0.1, 0.15) is 18.4 Å². The fourth-order valence-electron chi connectivity index (χ4n) is 2.19. The predicted molar refractivity (Wildman–Crippen MR) is 74.4 cm³/mol. The molecule has 1 fully saturated rings. The van der Waals surface area contributed by atoms with Crippen molar-refractivity contribution in [2.45, 2.75) is 23.8 Å². The zero-order valence-electron chi connectivity index (χ0n) is 11.2.